The van der Waals surface area contributed by atoms with Crippen molar-refractivity contribution in [3.05, 3.63) is 74.1 Å². The molecule has 3 aromatic heterocycles. The van der Waals surface area contributed by atoms with Crippen molar-refractivity contribution in [1.82, 2.24) is 24.3 Å². The second kappa shape index (κ2) is 9.64. The van der Waals surface area contributed by atoms with Crippen LogP contribution in [0.3, 0.4) is 0 Å². The summed E-state index contributed by atoms with van der Waals surface area (Å²) in [6, 6.07) is 9.68. The molecule has 1 aliphatic carbocycles. The summed E-state index contributed by atoms with van der Waals surface area (Å²) in [6.07, 6.45) is 9.21. The Labute approximate surface area is 205 Å². The Bertz CT molecular complexity index is 1300. The maximum atomic E-state index is 12.6. The van der Waals surface area contributed by atoms with Gasteiger partial charge >= 0.3 is 0 Å². The summed E-state index contributed by atoms with van der Waals surface area (Å²) in [6.45, 7) is 4.22. The molecular weight excluding hydrogens is 450 g/mol. The lowest BCUT2D eigenvalue weighted by Gasteiger charge is -2.34. The number of halogens is 1. The summed E-state index contributed by atoms with van der Waals surface area (Å²) in [5.41, 5.74) is 4.81. The molecule has 1 saturated heterocycles. The van der Waals surface area contributed by atoms with E-state index in [9.17, 15) is 9.59 Å². The van der Waals surface area contributed by atoms with Crippen molar-refractivity contribution in [3.8, 4) is 0 Å². The number of aromatic nitrogens is 3. The molecule has 180 valence electrons. The van der Waals surface area contributed by atoms with Gasteiger partial charge in [0.15, 0.2) is 0 Å². The molecule has 1 N–H and O–H groups in total. The first-order chi connectivity index (χ1) is 16.2. The van der Waals surface area contributed by atoms with Crippen LogP contribution in [0.2, 0.25) is 0 Å². The van der Waals surface area contributed by atoms with Crippen LogP contribution in [0.5, 0.6) is 0 Å². The molecule has 0 unspecified atom stereocenters. The molecule has 0 saturated carbocycles. The largest absolute Gasteiger partial charge is 0.308 e. The molecule has 0 radical (unpaired) electrons. The van der Waals surface area contributed by atoms with E-state index in [2.05, 4.69) is 27.5 Å². The van der Waals surface area contributed by atoms with E-state index in [1.807, 2.05) is 16.7 Å². The van der Waals surface area contributed by atoms with Crippen LogP contribution in [-0.2, 0) is 25.9 Å². The fourth-order valence-corrected chi connectivity index (χ4v) is 5.92. The summed E-state index contributed by atoms with van der Waals surface area (Å²) in [5.74, 6) is 0. The predicted molar refractivity (Wildman–Crippen MR) is 136 cm³/mol. The van der Waals surface area contributed by atoms with E-state index in [0.29, 0.717) is 12.6 Å². The standard InChI is InChI=1S/C26H31N5O2.ClH/c32-24-7-5-18-6-8-25(33)31-23(17-30(24)26(18)31)16-29-11-9-21(10-12-29)28-15-22-13-19-3-1-2-4-20(19)14-27-22;/h5-8,13-14,21,23,28H,1-4,9-12,15-17H2;1H/t23-;/m1./s1. The number of fused-ring (bicyclic) bond motifs is 1. The Morgan fingerprint density at radius 2 is 1.71 bits per heavy atom. The molecule has 1 atom stereocenters. The number of aryl methyl sites for hydroxylation is 2. The van der Waals surface area contributed by atoms with Crippen molar-refractivity contribution in [2.24, 2.45) is 0 Å². The van der Waals surface area contributed by atoms with Crippen LogP contribution in [0.15, 0.2) is 46.1 Å². The topological polar surface area (TPSA) is 72.2 Å². The zero-order valence-corrected chi connectivity index (χ0v) is 20.2. The highest BCUT2D eigenvalue weighted by atomic mass is 35.5. The van der Waals surface area contributed by atoms with E-state index < -0.39 is 0 Å². The Hall–Kier alpha value is -2.48. The van der Waals surface area contributed by atoms with Gasteiger partial charge in [-0.1, -0.05) is 0 Å². The molecule has 8 heteroatoms. The smallest absolute Gasteiger partial charge is 0.252 e. The van der Waals surface area contributed by atoms with Crippen LogP contribution in [0.25, 0.3) is 11.0 Å². The highest BCUT2D eigenvalue weighted by Gasteiger charge is 2.29. The van der Waals surface area contributed by atoms with E-state index in [1.54, 1.807) is 16.7 Å². The highest BCUT2D eigenvalue weighted by Crippen LogP contribution is 2.25. The molecular formula is C26H32ClN5O2. The van der Waals surface area contributed by atoms with E-state index in [4.69, 9.17) is 0 Å². The van der Waals surface area contributed by atoms with Gasteiger partial charge in [-0.05, 0) is 80.9 Å². The molecule has 1 fully saturated rings. The lowest BCUT2D eigenvalue weighted by atomic mass is 9.93. The number of pyridine rings is 3. The van der Waals surface area contributed by atoms with Gasteiger partial charge in [-0.15, -0.1) is 12.4 Å². The highest BCUT2D eigenvalue weighted by molar-refractivity contribution is 5.85. The fraction of sp³-hybridized carbons (Fsp3) is 0.500. The van der Waals surface area contributed by atoms with Gasteiger partial charge in [-0.25, -0.2) is 0 Å². The summed E-state index contributed by atoms with van der Waals surface area (Å²) < 4.78 is 3.60. The molecule has 3 aliphatic rings. The van der Waals surface area contributed by atoms with Crippen LogP contribution < -0.4 is 16.4 Å². The zero-order chi connectivity index (χ0) is 22.4. The van der Waals surface area contributed by atoms with Crippen molar-refractivity contribution in [3.63, 3.8) is 0 Å². The van der Waals surface area contributed by atoms with E-state index in [0.717, 1.165) is 55.7 Å². The average molecular weight is 482 g/mol. The Morgan fingerprint density at radius 1 is 0.971 bits per heavy atom. The van der Waals surface area contributed by atoms with E-state index in [1.165, 1.54) is 36.8 Å². The van der Waals surface area contributed by atoms with Gasteiger partial charge in [-0.3, -0.25) is 23.7 Å². The molecule has 0 bridgehead atoms. The van der Waals surface area contributed by atoms with Gasteiger partial charge in [0.1, 0.15) is 5.65 Å². The first kappa shape index (κ1) is 23.3. The SMILES string of the molecule is Cl.O=c1ccc2ccc(=O)n3c2n1C[C@H]3CN1CCC(NCc2cc3c(cn2)CCCC3)CC1. The molecule has 2 aliphatic heterocycles. The zero-order valence-electron chi connectivity index (χ0n) is 19.4. The quantitative estimate of drug-likeness (QED) is 0.606. The molecule has 3 aromatic rings. The number of nitrogens with zero attached hydrogens (tertiary/aromatic N) is 4. The maximum absolute atomic E-state index is 12.6. The second-order valence-electron chi connectivity index (χ2n) is 9.86. The molecule has 0 aromatic carbocycles. The molecule has 5 heterocycles. The van der Waals surface area contributed by atoms with Gasteiger partial charge in [0, 0.05) is 49.4 Å². The Kier molecular flexibility index (Phi) is 6.60. The van der Waals surface area contributed by atoms with Crippen molar-refractivity contribution in [1.29, 1.82) is 0 Å². The van der Waals surface area contributed by atoms with Crippen LogP contribution >= 0.6 is 12.4 Å². The minimum atomic E-state index is -0.0250. The van der Waals surface area contributed by atoms with Crippen molar-refractivity contribution in [2.75, 3.05) is 19.6 Å². The molecule has 6 rings (SSSR count). The van der Waals surface area contributed by atoms with Crippen LogP contribution in [0.4, 0.5) is 0 Å². The monoisotopic (exact) mass is 481 g/mol. The van der Waals surface area contributed by atoms with Crippen molar-refractivity contribution >= 4 is 23.4 Å². The first-order valence-corrected chi connectivity index (χ1v) is 12.3. The second-order valence-corrected chi connectivity index (χ2v) is 9.86. The number of piperidine rings is 1. The predicted octanol–water partition coefficient (Wildman–Crippen LogP) is 2.67. The molecule has 0 spiro atoms. The van der Waals surface area contributed by atoms with Crippen molar-refractivity contribution in [2.45, 2.75) is 63.7 Å². The maximum Gasteiger partial charge on any atom is 0.252 e. The van der Waals surface area contributed by atoms with Crippen LogP contribution in [0.1, 0.15) is 48.5 Å². The van der Waals surface area contributed by atoms with Gasteiger partial charge < -0.3 is 10.2 Å². The third-order valence-corrected chi connectivity index (χ3v) is 7.73. The normalized spacial score (nSPS) is 20.3. The average Bonchev–Trinajstić information content (AvgIpc) is 3.23. The minimum Gasteiger partial charge on any atom is -0.308 e. The summed E-state index contributed by atoms with van der Waals surface area (Å²) in [5, 5.41) is 4.67. The number of hydrogen-bond acceptors (Lipinski definition) is 5. The molecule has 34 heavy (non-hydrogen) atoms. The lowest BCUT2D eigenvalue weighted by molar-refractivity contribution is 0.171. The number of hydrogen-bond donors (Lipinski definition) is 1. The van der Waals surface area contributed by atoms with E-state index >= 15 is 0 Å². The lowest BCUT2D eigenvalue weighted by Crippen LogP contribution is -2.44. The third-order valence-electron chi connectivity index (χ3n) is 7.73. The van der Waals surface area contributed by atoms with Crippen molar-refractivity contribution < 1.29 is 0 Å². The van der Waals surface area contributed by atoms with Crippen LogP contribution in [-0.4, -0.2) is 44.7 Å². The molecule has 0 amide bonds. The number of nitrogens with one attached hydrogen (secondary N) is 1. The fourth-order valence-electron chi connectivity index (χ4n) is 5.92. The minimum absolute atomic E-state index is 0. The Balaban J connectivity index is 0.00000241. The van der Waals surface area contributed by atoms with Gasteiger partial charge in [-0.2, -0.15) is 0 Å². The van der Waals surface area contributed by atoms with Gasteiger partial charge in [0.25, 0.3) is 11.1 Å². The Morgan fingerprint density at radius 3 is 2.50 bits per heavy atom. The number of rotatable bonds is 5. The summed E-state index contributed by atoms with van der Waals surface area (Å²) in [4.78, 5) is 32.1. The first-order valence-electron chi connectivity index (χ1n) is 12.3. The summed E-state index contributed by atoms with van der Waals surface area (Å²) >= 11 is 0. The van der Waals surface area contributed by atoms with Gasteiger partial charge in [0.2, 0.25) is 0 Å². The van der Waals surface area contributed by atoms with E-state index in [-0.39, 0.29) is 29.6 Å². The summed E-state index contributed by atoms with van der Waals surface area (Å²) in [7, 11) is 0. The molecule has 7 nitrogen and oxygen atoms in total. The number of likely N-dealkylation sites (tertiary alicyclic amines) is 1. The third kappa shape index (κ3) is 4.32. The van der Waals surface area contributed by atoms with Gasteiger partial charge in [0.05, 0.1) is 11.7 Å². The van der Waals surface area contributed by atoms with Crippen LogP contribution in [0, 0.1) is 0 Å².